The molecule has 0 radical (unpaired) electrons. The number of nitrogens with zero attached hydrogens (tertiary/aromatic N) is 5. The highest BCUT2D eigenvalue weighted by atomic mass is 15.0. The highest BCUT2D eigenvalue weighted by molar-refractivity contribution is 6.11. The van der Waals surface area contributed by atoms with Crippen molar-refractivity contribution in [3.63, 3.8) is 0 Å². The Bertz CT molecular complexity index is 4380. The number of fused-ring (bicyclic) bond motifs is 10. The molecule has 0 aliphatic heterocycles. The molecule has 0 amide bonds. The number of para-hydroxylation sites is 6. The van der Waals surface area contributed by atoms with E-state index in [1.807, 2.05) is 6.07 Å². The first kappa shape index (κ1) is 41.0. The van der Waals surface area contributed by atoms with Crippen LogP contribution in [0.4, 0.5) is 0 Å². The lowest BCUT2D eigenvalue weighted by atomic mass is 9.98. The Balaban J connectivity index is 0.854. The van der Waals surface area contributed by atoms with E-state index < -0.39 is 0 Å². The molecule has 0 N–H and O–H groups in total. The molecule has 0 saturated heterocycles. The van der Waals surface area contributed by atoms with Gasteiger partial charge in [0.25, 0.3) is 0 Å². The van der Waals surface area contributed by atoms with Gasteiger partial charge in [-0.2, -0.15) is 0 Å². The Morgan fingerprint density at radius 1 is 0.219 bits per heavy atom. The van der Waals surface area contributed by atoms with E-state index in [1.54, 1.807) is 0 Å². The summed E-state index contributed by atoms with van der Waals surface area (Å²) < 4.78 is 7.20. The van der Waals surface area contributed by atoms with Gasteiger partial charge in [0.05, 0.1) is 44.5 Å². The van der Waals surface area contributed by atoms with Gasteiger partial charge in [-0.25, -0.2) is 9.97 Å². The lowest BCUT2D eigenvalue weighted by Gasteiger charge is -2.16. The molecule has 4 aromatic heterocycles. The minimum absolute atomic E-state index is 0.684. The Labute approximate surface area is 420 Å². The monoisotopic (exact) mass is 929 g/mol. The molecule has 73 heavy (non-hydrogen) atoms. The van der Waals surface area contributed by atoms with Gasteiger partial charge in [0, 0.05) is 66.1 Å². The summed E-state index contributed by atoms with van der Waals surface area (Å²) in [7, 11) is 0. The zero-order valence-electron chi connectivity index (χ0n) is 39.6. The van der Waals surface area contributed by atoms with Crippen LogP contribution in [0, 0.1) is 0 Å². The third-order valence-electron chi connectivity index (χ3n) is 14.8. The Kier molecular flexibility index (Phi) is 9.19. The van der Waals surface area contributed by atoms with Crippen molar-refractivity contribution in [1.29, 1.82) is 0 Å². The summed E-state index contributed by atoms with van der Waals surface area (Å²) in [4.78, 5) is 10.5. The van der Waals surface area contributed by atoms with E-state index in [-0.39, 0.29) is 0 Å². The molecule has 0 bridgehead atoms. The van der Waals surface area contributed by atoms with Crippen LogP contribution in [0.25, 0.3) is 138 Å². The minimum atomic E-state index is 0.684. The van der Waals surface area contributed by atoms with Gasteiger partial charge < -0.3 is 13.7 Å². The summed E-state index contributed by atoms with van der Waals surface area (Å²) in [6.45, 7) is 0. The smallest absolute Gasteiger partial charge is 0.160 e. The summed E-state index contributed by atoms with van der Waals surface area (Å²) >= 11 is 0. The molecular weight excluding hydrogens is 887 g/mol. The molecule has 0 unspecified atom stereocenters. The van der Waals surface area contributed by atoms with Crippen LogP contribution in [0.15, 0.2) is 261 Å². The average Bonchev–Trinajstić information content (AvgIpc) is 4.11. The maximum atomic E-state index is 5.30. The SMILES string of the molecule is c1ccc(-c2cc(-c3ccc(-n4c5ccccc5c5ccccc54)cc3)nc(-c3ccc4cc(-c5cc(-n6c7ccccc7c7ccccc76)cc(-n6c7ccccc7c7ccccc76)c5)ccc4c3)n2)cc1. The fraction of sp³-hybridized carbons (Fsp3) is 0. The van der Waals surface area contributed by atoms with Gasteiger partial charge in [-0.05, 0) is 107 Å². The van der Waals surface area contributed by atoms with Gasteiger partial charge in [-0.1, -0.05) is 176 Å². The molecule has 5 nitrogen and oxygen atoms in total. The van der Waals surface area contributed by atoms with Crippen molar-refractivity contribution in [2.75, 3.05) is 0 Å². The third kappa shape index (κ3) is 6.63. The maximum absolute atomic E-state index is 5.30. The first-order valence-corrected chi connectivity index (χ1v) is 24.9. The van der Waals surface area contributed by atoms with Crippen LogP contribution in [0.5, 0.6) is 0 Å². The zero-order valence-corrected chi connectivity index (χ0v) is 39.6. The second-order valence-corrected chi connectivity index (χ2v) is 19.0. The van der Waals surface area contributed by atoms with Crippen molar-refractivity contribution < 1.29 is 0 Å². The number of rotatable bonds is 7. The van der Waals surface area contributed by atoms with Crippen molar-refractivity contribution in [2.24, 2.45) is 0 Å². The first-order valence-electron chi connectivity index (χ1n) is 24.9. The van der Waals surface area contributed by atoms with E-state index in [2.05, 4.69) is 268 Å². The molecule has 5 heteroatoms. The predicted molar refractivity (Wildman–Crippen MR) is 304 cm³/mol. The van der Waals surface area contributed by atoms with Gasteiger partial charge in [0.2, 0.25) is 0 Å². The number of aromatic nitrogens is 5. The molecule has 0 saturated carbocycles. The van der Waals surface area contributed by atoms with Gasteiger partial charge >= 0.3 is 0 Å². The van der Waals surface area contributed by atoms with E-state index >= 15 is 0 Å². The Morgan fingerprint density at radius 2 is 0.562 bits per heavy atom. The highest BCUT2D eigenvalue weighted by Gasteiger charge is 2.19. The van der Waals surface area contributed by atoms with Crippen LogP contribution in [0.2, 0.25) is 0 Å². The largest absolute Gasteiger partial charge is 0.309 e. The molecule has 15 aromatic rings. The van der Waals surface area contributed by atoms with E-state index in [0.717, 1.165) is 67.0 Å². The summed E-state index contributed by atoms with van der Waals surface area (Å²) in [5.74, 6) is 0.684. The maximum Gasteiger partial charge on any atom is 0.160 e. The zero-order chi connectivity index (χ0) is 48.0. The van der Waals surface area contributed by atoms with Gasteiger partial charge in [0.15, 0.2) is 5.82 Å². The van der Waals surface area contributed by atoms with Crippen LogP contribution in [0.1, 0.15) is 0 Å². The summed E-state index contributed by atoms with van der Waals surface area (Å²) in [5, 5.41) is 9.70. The number of hydrogen-bond donors (Lipinski definition) is 0. The van der Waals surface area contributed by atoms with Crippen LogP contribution in [0.3, 0.4) is 0 Å². The fourth-order valence-corrected chi connectivity index (χ4v) is 11.4. The second-order valence-electron chi connectivity index (χ2n) is 19.0. The topological polar surface area (TPSA) is 40.6 Å². The quantitative estimate of drug-likeness (QED) is 0.160. The van der Waals surface area contributed by atoms with Crippen molar-refractivity contribution in [3.05, 3.63) is 261 Å². The lowest BCUT2D eigenvalue weighted by molar-refractivity contribution is 1.13. The van der Waals surface area contributed by atoms with Crippen molar-refractivity contribution in [1.82, 2.24) is 23.7 Å². The molecule has 340 valence electrons. The summed E-state index contributed by atoms with van der Waals surface area (Å²) in [6, 6.07) is 94.1. The van der Waals surface area contributed by atoms with Gasteiger partial charge in [-0.15, -0.1) is 0 Å². The predicted octanol–water partition coefficient (Wildman–Crippen LogP) is 17.6. The highest BCUT2D eigenvalue weighted by Crippen LogP contribution is 2.40. The number of benzene rings is 11. The van der Waals surface area contributed by atoms with E-state index in [0.29, 0.717) is 5.82 Å². The molecule has 0 atom stereocenters. The first-order chi connectivity index (χ1) is 36.2. The molecule has 15 rings (SSSR count). The standard InChI is InChI=1S/C68H43N5/c1-2-16-44(17-3-1)60-43-61(45-34-36-51(37-35-45)71-62-24-10-4-18-54(62)55-19-5-11-25-63(55)71)70-68(69-60)49-33-32-46-38-48(31-30-47(46)39-49)50-40-52(72-64-26-12-6-20-56(64)57-21-7-13-27-65(57)72)42-53(41-50)73-66-28-14-8-22-58(66)59-23-9-15-29-67(59)73/h1-43H. The van der Waals surface area contributed by atoms with Gasteiger partial charge in [-0.3, -0.25) is 0 Å². The van der Waals surface area contributed by atoms with Crippen LogP contribution in [-0.2, 0) is 0 Å². The molecule has 0 aliphatic carbocycles. The van der Waals surface area contributed by atoms with Crippen LogP contribution >= 0.6 is 0 Å². The molecule has 0 fully saturated rings. The van der Waals surface area contributed by atoms with Gasteiger partial charge in [0.1, 0.15) is 0 Å². The average molecular weight is 930 g/mol. The molecule has 11 aromatic carbocycles. The third-order valence-corrected chi connectivity index (χ3v) is 14.8. The van der Waals surface area contributed by atoms with E-state index in [9.17, 15) is 0 Å². The summed E-state index contributed by atoms with van der Waals surface area (Å²) in [6.07, 6.45) is 0. The van der Waals surface area contributed by atoms with Crippen molar-refractivity contribution >= 4 is 76.2 Å². The Hall–Kier alpha value is -9.84. The minimum Gasteiger partial charge on any atom is -0.309 e. The molecular formula is C68H43N5. The lowest BCUT2D eigenvalue weighted by Crippen LogP contribution is -2.00. The number of hydrogen-bond acceptors (Lipinski definition) is 2. The normalized spacial score (nSPS) is 11.8. The molecule has 4 heterocycles. The fourth-order valence-electron chi connectivity index (χ4n) is 11.4. The summed E-state index contributed by atoms with van der Waals surface area (Å²) in [5.41, 5.74) is 17.5. The van der Waals surface area contributed by atoms with E-state index in [1.165, 1.54) is 65.4 Å². The molecule has 0 aliphatic rings. The van der Waals surface area contributed by atoms with Crippen LogP contribution in [-0.4, -0.2) is 23.7 Å². The second kappa shape index (κ2) is 16.4. The van der Waals surface area contributed by atoms with E-state index in [4.69, 9.17) is 9.97 Å². The Morgan fingerprint density at radius 3 is 1.00 bits per heavy atom. The molecule has 0 spiro atoms. The van der Waals surface area contributed by atoms with Crippen molar-refractivity contribution in [3.8, 4) is 62.1 Å². The van der Waals surface area contributed by atoms with Crippen molar-refractivity contribution in [2.45, 2.75) is 0 Å². The van der Waals surface area contributed by atoms with Crippen LogP contribution < -0.4 is 0 Å².